The minimum absolute atomic E-state index is 0.0404. The Morgan fingerprint density at radius 1 is 1.16 bits per heavy atom. The van der Waals surface area contributed by atoms with E-state index in [-0.39, 0.29) is 17.2 Å². The summed E-state index contributed by atoms with van der Waals surface area (Å²) < 4.78 is 28.3. The Kier molecular flexibility index (Phi) is 8.15. The second-order valence-electron chi connectivity index (χ2n) is 9.41. The van der Waals surface area contributed by atoms with Gasteiger partial charge >= 0.3 is 0 Å². The number of benzene rings is 1. The van der Waals surface area contributed by atoms with Crippen LogP contribution in [-0.2, 0) is 21.2 Å². The highest BCUT2D eigenvalue weighted by Gasteiger charge is 2.17. The zero-order valence-corrected chi connectivity index (χ0v) is 22.8. The van der Waals surface area contributed by atoms with Crippen molar-refractivity contribution in [2.45, 2.75) is 17.7 Å². The molecule has 0 saturated carbocycles. The fraction of sp³-hybridized carbons (Fsp3) is 0.346. The highest BCUT2D eigenvalue weighted by Crippen LogP contribution is 2.30. The summed E-state index contributed by atoms with van der Waals surface area (Å²) in [5.74, 6) is -0.263. The Morgan fingerprint density at radius 2 is 2.00 bits per heavy atom. The zero-order valence-electron chi connectivity index (χ0n) is 21.2. The van der Waals surface area contributed by atoms with Crippen LogP contribution in [0.2, 0.25) is 0 Å². The number of pyridine rings is 1. The van der Waals surface area contributed by atoms with Gasteiger partial charge in [-0.25, -0.2) is 23.1 Å². The lowest BCUT2D eigenvalue weighted by molar-refractivity contribution is -0.115. The molecule has 1 saturated heterocycles. The number of thiazole rings is 1. The van der Waals surface area contributed by atoms with Gasteiger partial charge in [-0.1, -0.05) is 12.1 Å². The third-order valence-electron chi connectivity index (χ3n) is 6.59. The predicted molar refractivity (Wildman–Crippen MR) is 150 cm³/mol. The summed E-state index contributed by atoms with van der Waals surface area (Å²) in [6.45, 7) is 5.34. The van der Waals surface area contributed by atoms with Gasteiger partial charge in [0.1, 0.15) is 5.65 Å². The molecule has 0 aliphatic carbocycles. The number of piperazine rings is 1. The number of nitrogens with one attached hydrogen (secondary N) is 3. The number of sulfonamides is 1. The molecule has 1 aliphatic heterocycles. The molecule has 0 spiro atoms. The van der Waals surface area contributed by atoms with E-state index in [1.54, 1.807) is 30.5 Å². The van der Waals surface area contributed by atoms with E-state index >= 15 is 0 Å². The van der Waals surface area contributed by atoms with Crippen molar-refractivity contribution in [1.82, 2.24) is 29.5 Å². The van der Waals surface area contributed by atoms with Crippen molar-refractivity contribution in [3.8, 4) is 11.3 Å². The molecule has 10 nitrogen and oxygen atoms in total. The number of nitrogens with zero attached hydrogens (tertiary/aromatic N) is 4. The van der Waals surface area contributed by atoms with E-state index in [4.69, 9.17) is 0 Å². The molecule has 5 rings (SSSR count). The number of hydrogen-bond acceptors (Lipinski definition) is 8. The van der Waals surface area contributed by atoms with Crippen molar-refractivity contribution in [2.75, 3.05) is 51.6 Å². The third kappa shape index (κ3) is 6.45. The second kappa shape index (κ2) is 11.7. The van der Waals surface area contributed by atoms with Crippen LogP contribution >= 0.6 is 11.3 Å². The number of carbonyl (C=O) groups is 1. The maximum atomic E-state index is 12.8. The summed E-state index contributed by atoms with van der Waals surface area (Å²) in [6.07, 6.45) is 4.36. The smallest absolute Gasteiger partial charge is 0.240 e. The molecule has 1 aromatic carbocycles. The van der Waals surface area contributed by atoms with Crippen LogP contribution in [-0.4, -0.2) is 85.4 Å². The number of rotatable bonds is 10. The van der Waals surface area contributed by atoms with Crippen molar-refractivity contribution < 1.29 is 13.2 Å². The summed E-state index contributed by atoms with van der Waals surface area (Å²) in [6, 6.07) is 10.3. The Morgan fingerprint density at radius 3 is 2.84 bits per heavy atom. The summed E-state index contributed by atoms with van der Waals surface area (Å²) in [5.41, 5.74) is 3.05. The van der Waals surface area contributed by atoms with E-state index in [1.165, 1.54) is 11.3 Å². The Hall–Kier alpha value is -3.16. The molecule has 0 atom stereocenters. The van der Waals surface area contributed by atoms with Gasteiger partial charge in [0.25, 0.3) is 0 Å². The first-order valence-electron chi connectivity index (χ1n) is 12.5. The van der Waals surface area contributed by atoms with Gasteiger partial charge in [-0.05, 0) is 49.8 Å². The lowest BCUT2D eigenvalue weighted by Gasteiger charge is -2.32. The molecule has 1 fully saturated rings. The van der Waals surface area contributed by atoms with Crippen LogP contribution in [0.25, 0.3) is 22.3 Å². The van der Waals surface area contributed by atoms with Gasteiger partial charge in [0.15, 0.2) is 5.13 Å². The van der Waals surface area contributed by atoms with Crippen LogP contribution in [0, 0.1) is 0 Å². The van der Waals surface area contributed by atoms with Gasteiger partial charge in [0, 0.05) is 61.4 Å². The molecule has 4 heterocycles. The number of anilines is 1. The standard InChI is InChI=1S/C26H31N7O3S2/c1-32-11-13-33(14-12-32)10-4-9-29-38(35,36)20-6-2-5-19(15-20)16-24(34)31-26-30-23(18-37-26)22-17-28-25-21(22)7-3-8-27-25/h2-3,5-8,15,17-18,29H,4,9-14,16H2,1H3,(H,27,28)(H,30,31,34). The number of carbonyl (C=O) groups excluding carboxylic acids is 1. The Labute approximate surface area is 226 Å². The number of aromatic nitrogens is 3. The van der Waals surface area contributed by atoms with Crippen LogP contribution < -0.4 is 10.0 Å². The molecule has 0 unspecified atom stereocenters. The lowest BCUT2D eigenvalue weighted by Crippen LogP contribution is -2.45. The molecule has 1 aliphatic rings. The molecule has 3 N–H and O–H groups in total. The number of H-pyrrole nitrogens is 1. The summed E-state index contributed by atoms with van der Waals surface area (Å²) in [7, 11) is -1.54. The maximum Gasteiger partial charge on any atom is 0.240 e. The number of amides is 1. The Bertz CT molecular complexity index is 1510. The Balaban J connectivity index is 1.14. The maximum absolute atomic E-state index is 12.8. The van der Waals surface area contributed by atoms with Crippen LogP contribution in [0.3, 0.4) is 0 Å². The monoisotopic (exact) mass is 553 g/mol. The normalized spacial score (nSPS) is 15.2. The minimum atomic E-state index is -3.66. The molecule has 1 amide bonds. The van der Waals surface area contributed by atoms with E-state index in [0.717, 1.165) is 61.4 Å². The fourth-order valence-corrected chi connectivity index (χ4v) is 6.33. The average Bonchev–Trinajstić information content (AvgIpc) is 3.54. The molecule has 3 aromatic heterocycles. The van der Waals surface area contributed by atoms with Crippen LogP contribution in [0.4, 0.5) is 5.13 Å². The quantitative estimate of drug-likeness (QED) is 0.258. The topological polar surface area (TPSA) is 123 Å². The number of aromatic amines is 1. The molecule has 200 valence electrons. The van der Waals surface area contributed by atoms with Gasteiger partial charge in [0.2, 0.25) is 15.9 Å². The fourth-order valence-electron chi connectivity index (χ4n) is 4.46. The second-order valence-corrected chi connectivity index (χ2v) is 12.0. The van der Waals surface area contributed by atoms with Crippen molar-refractivity contribution in [1.29, 1.82) is 0 Å². The van der Waals surface area contributed by atoms with Crippen molar-refractivity contribution in [2.24, 2.45) is 0 Å². The predicted octanol–water partition coefficient (Wildman–Crippen LogP) is 2.78. The molecule has 38 heavy (non-hydrogen) atoms. The number of fused-ring (bicyclic) bond motifs is 1. The van der Waals surface area contributed by atoms with Gasteiger partial charge in [-0.2, -0.15) is 0 Å². The molecule has 4 aromatic rings. The number of hydrogen-bond donors (Lipinski definition) is 3. The minimum Gasteiger partial charge on any atom is -0.345 e. The van der Waals surface area contributed by atoms with Gasteiger partial charge in [0.05, 0.1) is 17.0 Å². The summed E-state index contributed by atoms with van der Waals surface area (Å²) >= 11 is 1.34. The van der Waals surface area contributed by atoms with E-state index in [2.05, 4.69) is 41.8 Å². The molecule has 0 radical (unpaired) electrons. The molecular weight excluding hydrogens is 522 g/mol. The first-order chi connectivity index (χ1) is 18.4. The number of likely N-dealkylation sites (N-methyl/N-ethyl adjacent to an activating group) is 1. The lowest BCUT2D eigenvalue weighted by atomic mass is 10.1. The summed E-state index contributed by atoms with van der Waals surface area (Å²) in [4.78, 5) is 29.5. The van der Waals surface area contributed by atoms with E-state index < -0.39 is 10.0 Å². The average molecular weight is 554 g/mol. The first-order valence-corrected chi connectivity index (χ1v) is 14.9. The van der Waals surface area contributed by atoms with E-state index in [9.17, 15) is 13.2 Å². The van der Waals surface area contributed by atoms with Crippen LogP contribution in [0.5, 0.6) is 0 Å². The third-order valence-corrected chi connectivity index (χ3v) is 8.81. The summed E-state index contributed by atoms with van der Waals surface area (Å²) in [5, 5.41) is 6.15. The zero-order chi connectivity index (χ0) is 26.5. The SMILES string of the molecule is CN1CCN(CCCNS(=O)(=O)c2cccc(CC(=O)Nc3nc(-c4c[nH]c5ncccc45)cs3)c2)CC1. The van der Waals surface area contributed by atoms with Crippen molar-refractivity contribution >= 4 is 43.4 Å². The van der Waals surface area contributed by atoms with Crippen LogP contribution in [0.1, 0.15) is 12.0 Å². The van der Waals surface area contributed by atoms with Crippen molar-refractivity contribution in [3.05, 3.63) is 59.7 Å². The highest BCUT2D eigenvalue weighted by atomic mass is 32.2. The highest BCUT2D eigenvalue weighted by molar-refractivity contribution is 7.89. The van der Waals surface area contributed by atoms with Gasteiger partial charge < -0.3 is 20.1 Å². The molecule has 12 heteroatoms. The van der Waals surface area contributed by atoms with Crippen LogP contribution in [0.15, 0.2) is 59.1 Å². The van der Waals surface area contributed by atoms with Crippen molar-refractivity contribution in [3.63, 3.8) is 0 Å². The first kappa shape index (κ1) is 26.4. The van der Waals surface area contributed by atoms with E-state index in [1.807, 2.05) is 23.7 Å². The van der Waals surface area contributed by atoms with Gasteiger partial charge in [-0.3, -0.25) is 4.79 Å². The largest absolute Gasteiger partial charge is 0.345 e. The van der Waals surface area contributed by atoms with Gasteiger partial charge in [-0.15, -0.1) is 11.3 Å². The molecular formula is C26H31N7O3S2. The van der Waals surface area contributed by atoms with E-state index in [0.29, 0.717) is 17.2 Å². The molecule has 0 bridgehead atoms.